The van der Waals surface area contributed by atoms with Crippen LogP contribution in [0, 0.1) is 6.92 Å². The number of esters is 1. The second kappa shape index (κ2) is 9.91. The number of likely N-dealkylation sites (tertiary alicyclic amines) is 1. The molecular formula is C29H32N4O3S. The Morgan fingerprint density at radius 1 is 1.11 bits per heavy atom. The molecule has 2 saturated heterocycles. The molecular weight excluding hydrogens is 484 g/mol. The minimum Gasteiger partial charge on any atom is -0.465 e. The Bertz CT molecular complexity index is 1350. The molecule has 192 valence electrons. The second-order valence-electron chi connectivity index (χ2n) is 10.3. The molecule has 37 heavy (non-hydrogen) atoms. The van der Waals surface area contributed by atoms with Gasteiger partial charge >= 0.3 is 5.97 Å². The van der Waals surface area contributed by atoms with Crippen molar-refractivity contribution in [2.24, 2.45) is 0 Å². The third-order valence-electron chi connectivity index (χ3n) is 7.92. The number of fused-ring (bicyclic) bond motifs is 3. The van der Waals surface area contributed by atoms with Crippen LogP contribution in [-0.4, -0.2) is 78.6 Å². The largest absolute Gasteiger partial charge is 0.465 e. The summed E-state index contributed by atoms with van der Waals surface area (Å²) in [6.07, 6.45) is 6.91. The fraction of sp³-hybridized carbons (Fsp3) is 0.414. The summed E-state index contributed by atoms with van der Waals surface area (Å²) >= 11 is 1.83. The SMILES string of the molecule is COC(=O)c1ccc(N2C3CCC2CN(CC(=O)N2CC=C(c4ccc5sc(C)cc5c4)CC2)C3)nc1. The van der Waals surface area contributed by atoms with Gasteiger partial charge < -0.3 is 14.5 Å². The molecule has 0 saturated carbocycles. The molecule has 1 amide bonds. The van der Waals surface area contributed by atoms with Gasteiger partial charge in [-0.25, -0.2) is 9.78 Å². The molecule has 8 heteroatoms. The first-order valence-corrected chi connectivity index (χ1v) is 13.8. The van der Waals surface area contributed by atoms with E-state index >= 15 is 0 Å². The molecule has 6 rings (SSSR count). The van der Waals surface area contributed by atoms with E-state index in [2.05, 4.69) is 52.0 Å². The zero-order valence-corrected chi connectivity index (χ0v) is 22.2. The number of thiophene rings is 1. The number of benzene rings is 1. The number of hydrogen-bond donors (Lipinski definition) is 0. The topological polar surface area (TPSA) is 66.0 Å². The number of piperazine rings is 1. The highest BCUT2D eigenvalue weighted by Crippen LogP contribution is 2.34. The van der Waals surface area contributed by atoms with Crippen LogP contribution in [0.4, 0.5) is 5.82 Å². The summed E-state index contributed by atoms with van der Waals surface area (Å²) < 4.78 is 6.11. The molecule has 2 unspecified atom stereocenters. The van der Waals surface area contributed by atoms with Crippen molar-refractivity contribution in [2.45, 2.75) is 38.3 Å². The van der Waals surface area contributed by atoms with Crippen molar-refractivity contribution in [2.75, 3.05) is 44.7 Å². The molecule has 0 aliphatic carbocycles. The van der Waals surface area contributed by atoms with E-state index in [1.807, 2.05) is 22.3 Å². The van der Waals surface area contributed by atoms with Crippen molar-refractivity contribution in [3.63, 3.8) is 0 Å². The minimum atomic E-state index is -0.372. The Morgan fingerprint density at radius 3 is 2.59 bits per heavy atom. The Kier molecular flexibility index (Phi) is 6.46. The van der Waals surface area contributed by atoms with Crippen LogP contribution in [0.25, 0.3) is 15.7 Å². The van der Waals surface area contributed by atoms with Gasteiger partial charge in [0, 0.05) is 54.0 Å². The summed E-state index contributed by atoms with van der Waals surface area (Å²) in [6.45, 7) is 5.79. The van der Waals surface area contributed by atoms with E-state index in [1.54, 1.807) is 12.3 Å². The molecule has 0 spiro atoms. The summed E-state index contributed by atoms with van der Waals surface area (Å²) in [7, 11) is 1.38. The van der Waals surface area contributed by atoms with Gasteiger partial charge in [0.2, 0.25) is 5.91 Å². The van der Waals surface area contributed by atoms with E-state index in [4.69, 9.17) is 4.74 Å². The number of anilines is 1. The number of methoxy groups -OCH3 is 1. The van der Waals surface area contributed by atoms with Crippen LogP contribution in [-0.2, 0) is 9.53 Å². The van der Waals surface area contributed by atoms with Gasteiger partial charge in [0.15, 0.2) is 0 Å². The number of carbonyl (C=O) groups excluding carboxylic acids is 2. The van der Waals surface area contributed by atoms with Crippen molar-refractivity contribution < 1.29 is 14.3 Å². The van der Waals surface area contributed by atoms with Gasteiger partial charge in [0.1, 0.15) is 5.82 Å². The van der Waals surface area contributed by atoms with E-state index in [1.165, 1.54) is 33.2 Å². The third kappa shape index (κ3) is 4.76. The fourth-order valence-corrected chi connectivity index (χ4v) is 7.00. The molecule has 1 aromatic carbocycles. The summed E-state index contributed by atoms with van der Waals surface area (Å²) in [5.74, 6) is 0.742. The third-order valence-corrected chi connectivity index (χ3v) is 8.95. The molecule has 3 aliphatic rings. The molecule has 2 fully saturated rings. The normalized spacial score (nSPS) is 21.8. The van der Waals surface area contributed by atoms with E-state index in [9.17, 15) is 9.59 Å². The Hall–Kier alpha value is -3.23. The number of rotatable bonds is 5. The maximum absolute atomic E-state index is 13.2. The Morgan fingerprint density at radius 2 is 1.92 bits per heavy atom. The summed E-state index contributed by atoms with van der Waals surface area (Å²) in [4.78, 5) is 37.5. The van der Waals surface area contributed by atoms with Crippen LogP contribution in [0.15, 0.2) is 48.7 Å². The van der Waals surface area contributed by atoms with Crippen molar-refractivity contribution in [1.29, 1.82) is 0 Å². The number of carbonyl (C=O) groups is 2. The van der Waals surface area contributed by atoms with Gasteiger partial charge in [-0.2, -0.15) is 0 Å². The predicted molar refractivity (Wildman–Crippen MR) is 147 cm³/mol. The molecule has 7 nitrogen and oxygen atoms in total. The zero-order chi connectivity index (χ0) is 25.5. The molecule has 3 aliphatic heterocycles. The quantitative estimate of drug-likeness (QED) is 0.470. The summed E-state index contributed by atoms with van der Waals surface area (Å²) in [5, 5.41) is 1.31. The lowest BCUT2D eigenvalue weighted by Crippen LogP contribution is -2.56. The van der Waals surface area contributed by atoms with Crippen LogP contribution in [0.3, 0.4) is 0 Å². The number of amides is 1. The molecule has 0 radical (unpaired) electrons. The van der Waals surface area contributed by atoms with E-state index in [0.29, 0.717) is 30.7 Å². The van der Waals surface area contributed by atoms with Crippen LogP contribution < -0.4 is 4.90 Å². The van der Waals surface area contributed by atoms with E-state index < -0.39 is 0 Å². The lowest BCUT2D eigenvalue weighted by atomic mass is 9.98. The highest BCUT2D eigenvalue weighted by molar-refractivity contribution is 7.19. The van der Waals surface area contributed by atoms with Gasteiger partial charge in [-0.3, -0.25) is 9.69 Å². The minimum absolute atomic E-state index is 0.215. The lowest BCUT2D eigenvalue weighted by molar-refractivity contribution is -0.132. The maximum Gasteiger partial charge on any atom is 0.339 e. The van der Waals surface area contributed by atoms with Crippen molar-refractivity contribution in [1.82, 2.24) is 14.8 Å². The number of nitrogens with zero attached hydrogens (tertiary/aromatic N) is 4. The van der Waals surface area contributed by atoms with E-state index in [-0.39, 0.29) is 11.9 Å². The smallest absolute Gasteiger partial charge is 0.339 e. The second-order valence-corrected chi connectivity index (χ2v) is 11.6. The first-order valence-electron chi connectivity index (χ1n) is 13.0. The zero-order valence-electron chi connectivity index (χ0n) is 21.4. The van der Waals surface area contributed by atoms with Crippen LogP contribution in [0.5, 0.6) is 0 Å². The molecule has 2 bridgehead atoms. The van der Waals surface area contributed by atoms with Gasteiger partial charge in [-0.05, 0) is 73.0 Å². The predicted octanol–water partition coefficient (Wildman–Crippen LogP) is 4.36. The highest BCUT2D eigenvalue weighted by atomic mass is 32.1. The van der Waals surface area contributed by atoms with E-state index in [0.717, 1.165) is 44.7 Å². The molecule has 2 atom stereocenters. The fourth-order valence-electron chi connectivity index (χ4n) is 6.10. The number of aromatic nitrogens is 1. The van der Waals surface area contributed by atoms with Gasteiger partial charge in [-0.1, -0.05) is 12.1 Å². The molecule has 3 aromatic rings. The van der Waals surface area contributed by atoms with Crippen molar-refractivity contribution >= 4 is 44.7 Å². The van der Waals surface area contributed by atoms with Crippen molar-refractivity contribution in [3.8, 4) is 0 Å². The lowest BCUT2D eigenvalue weighted by Gasteiger charge is -2.42. The first-order chi connectivity index (χ1) is 18.0. The van der Waals surface area contributed by atoms with Crippen LogP contribution in [0.2, 0.25) is 0 Å². The van der Waals surface area contributed by atoms with Crippen LogP contribution in [0.1, 0.15) is 40.1 Å². The molecule has 5 heterocycles. The number of hydrogen-bond acceptors (Lipinski definition) is 7. The standard InChI is InChI=1S/C29H32N4O3S/c1-19-13-23-14-21(3-7-26(23)37-19)20-9-11-32(12-10-20)28(34)18-31-16-24-5-6-25(17-31)33(24)27-8-4-22(15-30-27)29(35)36-2/h3-4,7-9,13-15,24-25H,5-6,10-12,16-18H2,1-2H3. The summed E-state index contributed by atoms with van der Waals surface area (Å²) in [5.41, 5.74) is 3.08. The van der Waals surface area contributed by atoms with Gasteiger partial charge in [0.05, 0.1) is 19.2 Å². The molecule has 0 N–H and O–H groups in total. The monoisotopic (exact) mass is 516 g/mol. The van der Waals surface area contributed by atoms with Crippen molar-refractivity contribution in [3.05, 3.63) is 64.7 Å². The number of aryl methyl sites for hydroxylation is 1. The highest BCUT2D eigenvalue weighted by Gasteiger charge is 2.41. The van der Waals surface area contributed by atoms with Gasteiger partial charge in [-0.15, -0.1) is 11.3 Å². The maximum atomic E-state index is 13.2. The molecule has 2 aromatic heterocycles. The van der Waals surface area contributed by atoms with Gasteiger partial charge in [0.25, 0.3) is 0 Å². The first kappa shape index (κ1) is 24.1. The average molecular weight is 517 g/mol. The number of pyridine rings is 1. The average Bonchev–Trinajstić information content (AvgIpc) is 3.43. The Labute approximate surface area is 221 Å². The number of ether oxygens (including phenoxy) is 1. The summed E-state index contributed by atoms with van der Waals surface area (Å²) in [6, 6.07) is 13.3. The van der Waals surface area contributed by atoms with Crippen LogP contribution >= 0.6 is 11.3 Å². The Balaban J connectivity index is 1.06.